The second-order valence-corrected chi connectivity index (χ2v) is 7.22. The van der Waals surface area contributed by atoms with Gasteiger partial charge in [0.15, 0.2) is 6.61 Å². The molecular weight excluding hydrogens is 414 g/mol. The van der Waals surface area contributed by atoms with E-state index in [1.54, 1.807) is 12.1 Å². The van der Waals surface area contributed by atoms with E-state index in [1.807, 2.05) is 6.92 Å². The highest BCUT2D eigenvalue weighted by Gasteiger charge is 2.11. The molecule has 0 fully saturated rings. The van der Waals surface area contributed by atoms with Gasteiger partial charge in [-0.3, -0.25) is 9.59 Å². The van der Waals surface area contributed by atoms with Gasteiger partial charge in [0.05, 0.1) is 5.02 Å². The number of carbonyl (C=O) groups excluding carboxylic acids is 2. The van der Waals surface area contributed by atoms with Gasteiger partial charge in [-0.25, -0.2) is 8.78 Å². The molecule has 1 unspecified atom stereocenters. The van der Waals surface area contributed by atoms with E-state index >= 15 is 0 Å². The summed E-state index contributed by atoms with van der Waals surface area (Å²) in [6.07, 6.45) is 0.985. The van der Waals surface area contributed by atoms with Crippen LogP contribution >= 0.6 is 11.6 Å². The highest BCUT2D eigenvalue weighted by atomic mass is 35.5. The van der Waals surface area contributed by atoms with Crippen LogP contribution in [0.5, 0.6) is 5.75 Å². The van der Waals surface area contributed by atoms with Crippen molar-refractivity contribution in [3.8, 4) is 5.75 Å². The fourth-order valence-corrected chi connectivity index (χ4v) is 2.77. The fraction of sp³-hybridized carbons (Fsp3) is 0.273. The summed E-state index contributed by atoms with van der Waals surface area (Å²) in [4.78, 5) is 23.9. The zero-order valence-corrected chi connectivity index (χ0v) is 17.3. The number of rotatable bonds is 10. The van der Waals surface area contributed by atoms with E-state index in [4.69, 9.17) is 16.3 Å². The molecule has 0 radical (unpaired) electrons. The molecule has 0 aromatic heterocycles. The Balaban J connectivity index is 1.66. The number of hydrogen-bond acceptors (Lipinski definition) is 3. The zero-order valence-electron chi connectivity index (χ0n) is 16.5. The van der Waals surface area contributed by atoms with E-state index in [0.717, 1.165) is 11.6 Å². The van der Waals surface area contributed by atoms with Gasteiger partial charge in [-0.15, -0.1) is 0 Å². The van der Waals surface area contributed by atoms with E-state index < -0.39 is 11.7 Å². The van der Waals surface area contributed by atoms with Gasteiger partial charge in [-0.2, -0.15) is 0 Å². The molecule has 2 aromatic rings. The van der Waals surface area contributed by atoms with E-state index in [2.05, 4.69) is 17.2 Å². The Labute approximate surface area is 179 Å². The molecule has 0 aliphatic carbocycles. The number of hydrogen-bond donors (Lipinski definition) is 2. The minimum atomic E-state index is -0.640. The predicted molar refractivity (Wildman–Crippen MR) is 111 cm³/mol. The van der Waals surface area contributed by atoms with Crippen LogP contribution < -0.4 is 15.4 Å². The van der Waals surface area contributed by atoms with E-state index in [9.17, 15) is 18.4 Å². The van der Waals surface area contributed by atoms with Crippen molar-refractivity contribution in [1.29, 1.82) is 0 Å². The molecule has 30 heavy (non-hydrogen) atoms. The van der Waals surface area contributed by atoms with Crippen LogP contribution in [0.2, 0.25) is 5.02 Å². The van der Waals surface area contributed by atoms with Crippen LogP contribution in [-0.4, -0.2) is 24.5 Å². The summed E-state index contributed by atoms with van der Waals surface area (Å²) >= 11 is 5.58. The van der Waals surface area contributed by atoms with Gasteiger partial charge in [-0.05, 0) is 49.6 Å². The summed E-state index contributed by atoms with van der Waals surface area (Å²) < 4.78 is 31.5. The average Bonchev–Trinajstić information content (AvgIpc) is 2.69. The third kappa shape index (κ3) is 8.21. The van der Waals surface area contributed by atoms with Crippen LogP contribution in [0.15, 0.2) is 54.7 Å². The largest absolute Gasteiger partial charge is 0.484 e. The molecule has 160 valence electrons. The van der Waals surface area contributed by atoms with Crippen LogP contribution in [0.4, 0.5) is 8.78 Å². The second kappa shape index (κ2) is 11.3. The molecule has 0 heterocycles. The maximum Gasteiger partial charge on any atom is 0.262 e. The Hall–Kier alpha value is -2.93. The Morgan fingerprint density at radius 1 is 1.10 bits per heavy atom. The summed E-state index contributed by atoms with van der Waals surface area (Å²) in [6, 6.07) is 9.85. The lowest BCUT2D eigenvalue weighted by Crippen LogP contribution is -2.34. The van der Waals surface area contributed by atoms with Crippen molar-refractivity contribution < 1.29 is 23.1 Å². The second-order valence-electron chi connectivity index (χ2n) is 6.82. The Kier molecular flexibility index (Phi) is 8.80. The fourth-order valence-electron chi connectivity index (χ4n) is 2.65. The topological polar surface area (TPSA) is 67.4 Å². The summed E-state index contributed by atoms with van der Waals surface area (Å²) in [5, 5.41) is 5.35. The first-order valence-electron chi connectivity index (χ1n) is 9.32. The maximum absolute atomic E-state index is 13.3. The Morgan fingerprint density at radius 2 is 1.80 bits per heavy atom. The number of ether oxygens (including phenoxy) is 1. The first-order valence-corrected chi connectivity index (χ1v) is 9.70. The monoisotopic (exact) mass is 436 g/mol. The highest BCUT2D eigenvalue weighted by Crippen LogP contribution is 2.20. The summed E-state index contributed by atoms with van der Waals surface area (Å²) in [7, 11) is 0. The number of nitrogens with one attached hydrogen (secondary N) is 2. The summed E-state index contributed by atoms with van der Waals surface area (Å²) in [5.41, 5.74) is 1.29. The molecule has 0 aliphatic heterocycles. The average molecular weight is 437 g/mol. The van der Waals surface area contributed by atoms with Crippen LogP contribution in [0, 0.1) is 11.6 Å². The molecule has 8 heteroatoms. The third-order valence-corrected chi connectivity index (χ3v) is 4.40. The molecule has 0 bridgehead atoms. The molecule has 2 aromatic carbocycles. The van der Waals surface area contributed by atoms with E-state index in [-0.39, 0.29) is 48.0 Å². The molecular formula is C22H23ClF2N2O3. The molecule has 0 saturated heterocycles. The molecule has 0 spiro atoms. The Morgan fingerprint density at radius 3 is 2.47 bits per heavy atom. The minimum Gasteiger partial charge on any atom is -0.484 e. The van der Waals surface area contributed by atoms with Gasteiger partial charge < -0.3 is 15.4 Å². The van der Waals surface area contributed by atoms with Gasteiger partial charge >= 0.3 is 0 Å². The molecule has 2 amide bonds. The third-order valence-electron chi connectivity index (χ3n) is 4.09. The molecule has 2 N–H and O–H groups in total. The van der Waals surface area contributed by atoms with Crippen molar-refractivity contribution >= 4 is 23.4 Å². The van der Waals surface area contributed by atoms with Crippen molar-refractivity contribution in [2.75, 3.05) is 6.61 Å². The quantitative estimate of drug-likeness (QED) is 0.587. The molecule has 2 rings (SSSR count). The van der Waals surface area contributed by atoms with Crippen LogP contribution in [-0.2, 0) is 16.0 Å². The number of benzene rings is 2. The molecule has 5 nitrogen and oxygen atoms in total. The van der Waals surface area contributed by atoms with Gasteiger partial charge in [-0.1, -0.05) is 30.3 Å². The van der Waals surface area contributed by atoms with Crippen molar-refractivity contribution in [2.45, 2.75) is 32.2 Å². The van der Waals surface area contributed by atoms with Crippen LogP contribution in [0.1, 0.15) is 25.3 Å². The molecule has 0 saturated carbocycles. The van der Waals surface area contributed by atoms with E-state index in [0.29, 0.717) is 12.1 Å². The normalized spacial score (nSPS) is 11.5. The molecule has 0 aliphatic rings. The number of halogens is 3. The lowest BCUT2D eigenvalue weighted by molar-refractivity contribution is -0.123. The lowest BCUT2D eigenvalue weighted by Gasteiger charge is -2.15. The van der Waals surface area contributed by atoms with Crippen LogP contribution in [0.3, 0.4) is 0 Å². The van der Waals surface area contributed by atoms with Gasteiger partial charge in [0.1, 0.15) is 17.4 Å². The van der Waals surface area contributed by atoms with Crippen LogP contribution in [0.25, 0.3) is 0 Å². The number of carbonyl (C=O) groups is 2. The highest BCUT2D eigenvalue weighted by molar-refractivity contribution is 6.30. The lowest BCUT2D eigenvalue weighted by atomic mass is 10.1. The van der Waals surface area contributed by atoms with Gasteiger partial charge in [0, 0.05) is 24.2 Å². The SMILES string of the molecule is C=C(CCC(=O)NC(C)Cc1ccc(F)cc1)NC(=O)COc1ccc(Cl)c(F)c1. The minimum absolute atomic E-state index is 0.0366. The van der Waals surface area contributed by atoms with Crippen molar-refractivity contribution in [1.82, 2.24) is 10.6 Å². The van der Waals surface area contributed by atoms with Crippen molar-refractivity contribution in [3.63, 3.8) is 0 Å². The predicted octanol–water partition coefficient (Wildman–Crippen LogP) is 4.15. The van der Waals surface area contributed by atoms with Crippen molar-refractivity contribution in [3.05, 3.63) is 77.0 Å². The first-order chi connectivity index (χ1) is 14.2. The standard InChI is InChI=1S/C22H23ClF2N2O3/c1-14(26-22(29)13-30-18-8-9-19(23)20(25)12-18)3-10-21(28)27-15(2)11-16-4-6-17(24)7-5-16/h4-9,12,15H,1,3,10-11,13H2,2H3,(H,26,29)(H,27,28). The number of amides is 2. The summed E-state index contributed by atoms with van der Waals surface area (Å²) in [5.74, 6) is -1.43. The summed E-state index contributed by atoms with van der Waals surface area (Å²) in [6.45, 7) is 5.25. The smallest absolute Gasteiger partial charge is 0.262 e. The van der Waals surface area contributed by atoms with E-state index in [1.165, 1.54) is 24.3 Å². The van der Waals surface area contributed by atoms with Gasteiger partial charge in [0.25, 0.3) is 5.91 Å². The first kappa shape index (κ1) is 23.3. The number of allylic oxidation sites excluding steroid dienone is 1. The zero-order chi connectivity index (χ0) is 22.1. The van der Waals surface area contributed by atoms with Crippen molar-refractivity contribution in [2.24, 2.45) is 0 Å². The Bertz CT molecular complexity index is 904. The maximum atomic E-state index is 13.3. The molecule has 1 atom stereocenters. The van der Waals surface area contributed by atoms with Gasteiger partial charge in [0.2, 0.25) is 5.91 Å².